The van der Waals surface area contributed by atoms with Crippen LogP contribution in [0.15, 0.2) is 42.5 Å². The first-order chi connectivity index (χ1) is 9.61. The fourth-order valence-corrected chi connectivity index (χ4v) is 2.92. The Bertz CT molecular complexity index is 749. The number of thiazole rings is 1. The number of benzene rings is 2. The summed E-state index contributed by atoms with van der Waals surface area (Å²) in [6, 6.07) is 13.0. The van der Waals surface area contributed by atoms with Crippen molar-refractivity contribution in [1.82, 2.24) is 4.98 Å². The number of hydrogen-bond donors (Lipinski definition) is 1. The molecule has 4 heteroatoms. The second-order valence-electron chi connectivity index (χ2n) is 5.04. The SMILES string of the molecule is CC(C)c1cccc(Nc2nc3cc(F)ccc3s2)c1. The van der Waals surface area contributed by atoms with Crippen LogP contribution >= 0.6 is 11.3 Å². The molecule has 0 aliphatic carbocycles. The molecule has 0 radical (unpaired) electrons. The smallest absolute Gasteiger partial charge is 0.188 e. The number of aromatic nitrogens is 1. The van der Waals surface area contributed by atoms with Gasteiger partial charge in [0.15, 0.2) is 5.13 Å². The number of fused-ring (bicyclic) bond motifs is 1. The molecule has 0 spiro atoms. The number of nitrogens with one attached hydrogen (secondary N) is 1. The summed E-state index contributed by atoms with van der Waals surface area (Å²) in [7, 11) is 0. The van der Waals surface area contributed by atoms with E-state index in [1.54, 1.807) is 6.07 Å². The lowest BCUT2D eigenvalue weighted by atomic mass is 10.0. The van der Waals surface area contributed by atoms with E-state index >= 15 is 0 Å². The quantitative estimate of drug-likeness (QED) is 0.706. The molecule has 0 atom stereocenters. The highest BCUT2D eigenvalue weighted by atomic mass is 32.1. The van der Waals surface area contributed by atoms with Crippen LogP contribution in [0.2, 0.25) is 0 Å². The molecular formula is C16H15FN2S. The molecule has 1 heterocycles. The molecule has 2 nitrogen and oxygen atoms in total. The minimum Gasteiger partial charge on any atom is -0.332 e. The van der Waals surface area contributed by atoms with Crippen LogP contribution in [0.3, 0.4) is 0 Å². The van der Waals surface area contributed by atoms with Crippen molar-refractivity contribution in [3.05, 3.63) is 53.8 Å². The summed E-state index contributed by atoms with van der Waals surface area (Å²) < 4.78 is 14.1. The van der Waals surface area contributed by atoms with Crippen LogP contribution in [0.4, 0.5) is 15.2 Å². The molecule has 3 aromatic rings. The van der Waals surface area contributed by atoms with Crippen molar-refractivity contribution >= 4 is 32.4 Å². The van der Waals surface area contributed by atoms with Crippen molar-refractivity contribution in [2.75, 3.05) is 5.32 Å². The molecule has 102 valence electrons. The Kier molecular flexibility index (Phi) is 3.40. The Hall–Kier alpha value is -1.94. The fraction of sp³-hybridized carbons (Fsp3) is 0.188. The Morgan fingerprint density at radius 1 is 1.15 bits per heavy atom. The number of rotatable bonds is 3. The second-order valence-corrected chi connectivity index (χ2v) is 6.07. The van der Waals surface area contributed by atoms with E-state index in [9.17, 15) is 4.39 Å². The van der Waals surface area contributed by atoms with Gasteiger partial charge in [-0.2, -0.15) is 0 Å². The molecule has 0 saturated heterocycles. The van der Waals surface area contributed by atoms with Gasteiger partial charge in [0.1, 0.15) is 5.82 Å². The zero-order chi connectivity index (χ0) is 14.1. The lowest BCUT2D eigenvalue weighted by Gasteiger charge is -2.08. The van der Waals surface area contributed by atoms with Crippen molar-refractivity contribution in [3.63, 3.8) is 0 Å². The number of halogens is 1. The predicted molar refractivity (Wildman–Crippen MR) is 83.4 cm³/mol. The van der Waals surface area contributed by atoms with Crippen LogP contribution < -0.4 is 5.32 Å². The highest BCUT2D eigenvalue weighted by molar-refractivity contribution is 7.22. The van der Waals surface area contributed by atoms with Gasteiger partial charge < -0.3 is 5.32 Å². The normalized spacial score (nSPS) is 11.2. The molecule has 0 amide bonds. The molecule has 0 aliphatic rings. The largest absolute Gasteiger partial charge is 0.332 e. The van der Waals surface area contributed by atoms with Gasteiger partial charge in [0.05, 0.1) is 10.2 Å². The lowest BCUT2D eigenvalue weighted by Crippen LogP contribution is -1.92. The predicted octanol–water partition coefficient (Wildman–Crippen LogP) is 5.30. The Morgan fingerprint density at radius 2 is 2.00 bits per heavy atom. The summed E-state index contributed by atoms with van der Waals surface area (Å²) in [5.41, 5.74) is 2.98. The number of nitrogens with zero attached hydrogens (tertiary/aromatic N) is 1. The van der Waals surface area contributed by atoms with E-state index in [1.165, 1.54) is 29.0 Å². The van der Waals surface area contributed by atoms with Gasteiger partial charge in [0, 0.05) is 11.8 Å². The van der Waals surface area contributed by atoms with Crippen molar-refractivity contribution in [1.29, 1.82) is 0 Å². The summed E-state index contributed by atoms with van der Waals surface area (Å²) in [6.07, 6.45) is 0. The first kappa shape index (κ1) is 13.1. The maximum absolute atomic E-state index is 13.2. The van der Waals surface area contributed by atoms with Gasteiger partial charge in [-0.05, 0) is 35.7 Å². The summed E-state index contributed by atoms with van der Waals surface area (Å²) >= 11 is 1.53. The molecule has 2 aromatic carbocycles. The van der Waals surface area contributed by atoms with E-state index in [-0.39, 0.29) is 5.82 Å². The highest BCUT2D eigenvalue weighted by Crippen LogP contribution is 2.29. The van der Waals surface area contributed by atoms with Gasteiger partial charge in [0.25, 0.3) is 0 Å². The van der Waals surface area contributed by atoms with E-state index in [2.05, 4.69) is 36.3 Å². The minimum atomic E-state index is -0.254. The van der Waals surface area contributed by atoms with Crippen molar-refractivity contribution < 1.29 is 4.39 Å². The monoisotopic (exact) mass is 286 g/mol. The van der Waals surface area contributed by atoms with Gasteiger partial charge in [-0.15, -0.1) is 0 Å². The van der Waals surface area contributed by atoms with Crippen LogP contribution in [-0.4, -0.2) is 4.98 Å². The van der Waals surface area contributed by atoms with Crippen LogP contribution in [0, 0.1) is 5.82 Å². The van der Waals surface area contributed by atoms with E-state index in [0.29, 0.717) is 11.4 Å². The summed E-state index contributed by atoms with van der Waals surface area (Å²) in [6.45, 7) is 4.33. The summed E-state index contributed by atoms with van der Waals surface area (Å²) in [4.78, 5) is 4.41. The Morgan fingerprint density at radius 3 is 2.80 bits per heavy atom. The molecule has 0 fully saturated rings. The molecule has 0 saturated carbocycles. The average Bonchev–Trinajstić information content (AvgIpc) is 2.80. The maximum atomic E-state index is 13.2. The van der Waals surface area contributed by atoms with Gasteiger partial charge >= 0.3 is 0 Å². The molecular weight excluding hydrogens is 271 g/mol. The van der Waals surface area contributed by atoms with Crippen molar-refractivity contribution in [2.45, 2.75) is 19.8 Å². The zero-order valence-corrected chi connectivity index (χ0v) is 12.2. The zero-order valence-electron chi connectivity index (χ0n) is 11.4. The third kappa shape index (κ3) is 2.65. The van der Waals surface area contributed by atoms with Gasteiger partial charge in [-0.3, -0.25) is 0 Å². The summed E-state index contributed by atoms with van der Waals surface area (Å²) in [5.74, 6) is 0.234. The number of hydrogen-bond acceptors (Lipinski definition) is 3. The maximum Gasteiger partial charge on any atom is 0.188 e. The van der Waals surface area contributed by atoms with Crippen LogP contribution in [0.1, 0.15) is 25.3 Å². The number of anilines is 2. The van der Waals surface area contributed by atoms with E-state index in [0.717, 1.165) is 15.5 Å². The molecule has 20 heavy (non-hydrogen) atoms. The average molecular weight is 286 g/mol. The second kappa shape index (κ2) is 5.21. The van der Waals surface area contributed by atoms with Gasteiger partial charge in [-0.1, -0.05) is 37.3 Å². The molecule has 0 bridgehead atoms. The first-order valence-electron chi connectivity index (χ1n) is 6.55. The molecule has 1 N–H and O–H groups in total. The minimum absolute atomic E-state index is 0.254. The first-order valence-corrected chi connectivity index (χ1v) is 7.36. The molecule has 0 aliphatic heterocycles. The van der Waals surface area contributed by atoms with Crippen molar-refractivity contribution in [3.8, 4) is 0 Å². The third-order valence-corrected chi connectivity index (χ3v) is 4.11. The van der Waals surface area contributed by atoms with Crippen LogP contribution in [0.25, 0.3) is 10.2 Å². The lowest BCUT2D eigenvalue weighted by molar-refractivity contribution is 0.629. The van der Waals surface area contributed by atoms with E-state index < -0.39 is 0 Å². The fourth-order valence-electron chi connectivity index (χ4n) is 2.05. The molecule has 1 aromatic heterocycles. The van der Waals surface area contributed by atoms with Crippen LogP contribution in [0.5, 0.6) is 0 Å². The van der Waals surface area contributed by atoms with Gasteiger partial charge in [0.2, 0.25) is 0 Å². The molecule has 0 unspecified atom stereocenters. The van der Waals surface area contributed by atoms with Gasteiger partial charge in [-0.25, -0.2) is 9.37 Å². The Balaban J connectivity index is 1.90. The Labute approximate surface area is 121 Å². The van der Waals surface area contributed by atoms with E-state index in [4.69, 9.17) is 0 Å². The van der Waals surface area contributed by atoms with Crippen molar-refractivity contribution in [2.24, 2.45) is 0 Å². The summed E-state index contributed by atoms with van der Waals surface area (Å²) in [5, 5.41) is 4.08. The van der Waals surface area contributed by atoms with E-state index in [1.807, 2.05) is 12.1 Å². The van der Waals surface area contributed by atoms with Crippen LogP contribution in [-0.2, 0) is 0 Å². The standard InChI is InChI=1S/C16H15FN2S/c1-10(2)11-4-3-5-13(8-11)18-16-19-14-9-12(17)6-7-15(14)20-16/h3-10H,1-2H3,(H,18,19). The third-order valence-electron chi connectivity index (χ3n) is 3.15. The topological polar surface area (TPSA) is 24.9 Å². The molecule has 3 rings (SSSR count). The highest BCUT2D eigenvalue weighted by Gasteiger charge is 2.06.